The topological polar surface area (TPSA) is 98.2 Å². The molecule has 0 spiro atoms. The third-order valence-corrected chi connectivity index (χ3v) is 4.85. The Bertz CT molecular complexity index is 694. The molecule has 2 saturated heterocycles. The highest BCUT2D eigenvalue weighted by atomic mass is 16.4. The number of benzene rings is 1. The van der Waals surface area contributed by atoms with Crippen molar-refractivity contribution in [2.24, 2.45) is 5.92 Å². The van der Waals surface area contributed by atoms with Crippen molar-refractivity contribution in [3.8, 4) is 5.75 Å². The molecule has 2 heterocycles. The number of carbonyl (C=O) groups is 3. The minimum Gasteiger partial charge on any atom is -0.507 e. The maximum absolute atomic E-state index is 12.7. The van der Waals surface area contributed by atoms with E-state index in [1.165, 1.54) is 12.1 Å². The Labute approximate surface area is 139 Å². The summed E-state index contributed by atoms with van der Waals surface area (Å²) >= 11 is 0. The zero-order valence-corrected chi connectivity index (χ0v) is 13.4. The van der Waals surface area contributed by atoms with Crippen LogP contribution in [-0.4, -0.2) is 52.0 Å². The van der Waals surface area contributed by atoms with Crippen molar-refractivity contribution in [3.05, 3.63) is 23.8 Å². The second kappa shape index (κ2) is 6.24. The summed E-state index contributed by atoms with van der Waals surface area (Å²) in [4.78, 5) is 39.1. The molecule has 0 aliphatic carbocycles. The standard InChI is InChI=1S/C17H20N2O5/c1-10-4-6-18(7-5-10)13-9-15(21)19(16(13)22)11-2-3-12(17(23)24)14(20)8-11/h2-3,8,10,13,20H,4-7,9H2,1H3,(H,23,24). The second-order valence-electron chi connectivity index (χ2n) is 6.51. The number of anilines is 1. The predicted molar refractivity (Wildman–Crippen MR) is 85.9 cm³/mol. The Morgan fingerprint density at radius 3 is 2.46 bits per heavy atom. The molecule has 2 fully saturated rings. The Kier molecular flexibility index (Phi) is 4.28. The number of aromatic carboxylic acids is 1. The number of hydrogen-bond acceptors (Lipinski definition) is 5. The molecule has 1 aromatic carbocycles. The number of piperidine rings is 1. The van der Waals surface area contributed by atoms with E-state index < -0.39 is 17.8 Å². The van der Waals surface area contributed by atoms with E-state index in [4.69, 9.17) is 5.11 Å². The van der Waals surface area contributed by atoms with E-state index >= 15 is 0 Å². The predicted octanol–water partition coefficient (Wildman–Crippen LogP) is 1.45. The van der Waals surface area contributed by atoms with Gasteiger partial charge in [-0.3, -0.25) is 14.5 Å². The quantitative estimate of drug-likeness (QED) is 0.813. The monoisotopic (exact) mass is 332 g/mol. The first-order valence-electron chi connectivity index (χ1n) is 8.05. The van der Waals surface area contributed by atoms with Gasteiger partial charge >= 0.3 is 5.97 Å². The van der Waals surface area contributed by atoms with Crippen LogP contribution in [0.1, 0.15) is 36.5 Å². The molecule has 1 aromatic rings. The smallest absolute Gasteiger partial charge is 0.339 e. The first-order chi connectivity index (χ1) is 11.4. The zero-order valence-electron chi connectivity index (χ0n) is 13.4. The van der Waals surface area contributed by atoms with Crippen LogP contribution in [0.25, 0.3) is 0 Å². The van der Waals surface area contributed by atoms with Crippen LogP contribution in [0.4, 0.5) is 5.69 Å². The van der Waals surface area contributed by atoms with Gasteiger partial charge < -0.3 is 10.2 Å². The zero-order chi connectivity index (χ0) is 17.4. The number of aromatic hydroxyl groups is 1. The maximum atomic E-state index is 12.7. The largest absolute Gasteiger partial charge is 0.507 e. The van der Waals surface area contributed by atoms with E-state index in [2.05, 4.69) is 6.92 Å². The molecule has 24 heavy (non-hydrogen) atoms. The molecule has 1 unspecified atom stereocenters. The number of phenols is 1. The fourth-order valence-electron chi connectivity index (χ4n) is 3.35. The summed E-state index contributed by atoms with van der Waals surface area (Å²) in [5, 5.41) is 18.7. The summed E-state index contributed by atoms with van der Waals surface area (Å²) in [7, 11) is 0. The van der Waals surface area contributed by atoms with E-state index in [0.29, 0.717) is 5.92 Å². The molecule has 1 atom stereocenters. The Morgan fingerprint density at radius 1 is 1.21 bits per heavy atom. The van der Waals surface area contributed by atoms with E-state index in [1.807, 2.05) is 4.90 Å². The Morgan fingerprint density at radius 2 is 1.88 bits per heavy atom. The van der Waals surface area contributed by atoms with Crippen molar-refractivity contribution in [2.45, 2.75) is 32.2 Å². The van der Waals surface area contributed by atoms with Crippen molar-refractivity contribution >= 4 is 23.5 Å². The van der Waals surface area contributed by atoms with Crippen molar-refractivity contribution in [1.29, 1.82) is 0 Å². The molecule has 7 nitrogen and oxygen atoms in total. The van der Waals surface area contributed by atoms with Gasteiger partial charge in [0.1, 0.15) is 11.3 Å². The summed E-state index contributed by atoms with van der Waals surface area (Å²) in [6.07, 6.45) is 2.13. The highest BCUT2D eigenvalue weighted by molar-refractivity contribution is 6.22. The number of hydrogen-bond donors (Lipinski definition) is 2. The number of rotatable bonds is 3. The SMILES string of the molecule is CC1CCN(C2CC(=O)N(c3ccc(C(=O)O)c(O)c3)C2=O)CC1. The van der Waals surface area contributed by atoms with Gasteiger partial charge in [-0.15, -0.1) is 0 Å². The van der Waals surface area contributed by atoms with Gasteiger partial charge in [-0.1, -0.05) is 6.92 Å². The van der Waals surface area contributed by atoms with Crippen LogP contribution in [-0.2, 0) is 9.59 Å². The summed E-state index contributed by atoms with van der Waals surface area (Å²) in [5.74, 6) is -1.73. The fourth-order valence-corrected chi connectivity index (χ4v) is 3.35. The fraction of sp³-hybridized carbons (Fsp3) is 0.471. The molecule has 7 heteroatoms. The number of amides is 2. The number of likely N-dealkylation sites (tertiary alicyclic amines) is 1. The van der Waals surface area contributed by atoms with Gasteiger partial charge in [0, 0.05) is 6.07 Å². The lowest BCUT2D eigenvalue weighted by molar-refractivity contribution is -0.123. The van der Waals surface area contributed by atoms with Crippen LogP contribution in [0.15, 0.2) is 18.2 Å². The number of carboxylic acids is 1. The lowest BCUT2D eigenvalue weighted by Gasteiger charge is -2.33. The van der Waals surface area contributed by atoms with Gasteiger partial charge in [0.15, 0.2) is 0 Å². The third kappa shape index (κ3) is 2.87. The molecule has 0 radical (unpaired) electrons. The van der Waals surface area contributed by atoms with Crippen molar-refractivity contribution < 1.29 is 24.6 Å². The highest BCUT2D eigenvalue weighted by Crippen LogP contribution is 2.31. The number of nitrogens with zero attached hydrogens (tertiary/aromatic N) is 2. The highest BCUT2D eigenvalue weighted by Gasteiger charge is 2.43. The van der Waals surface area contributed by atoms with Gasteiger partial charge in [0.05, 0.1) is 18.2 Å². The molecular weight excluding hydrogens is 312 g/mol. The molecule has 0 saturated carbocycles. The summed E-state index contributed by atoms with van der Waals surface area (Å²) in [5.41, 5.74) is -0.0557. The summed E-state index contributed by atoms with van der Waals surface area (Å²) in [6.45, 7) is 3.77. The summed E-state index contributed by atoms with van der Waals surface area (Å²) < 4.78 is 0. The average Bonchev–Trinajstić information content (AvgIpc) is 2.82. The van der Waals surface area contributed by atoms with Gasteiger partial charge in [-0.25, -0.2) is 9.69 Å². The molecule has 0 bridgehead atoms. The first kappa shape index (κ1) is 16.4. The first-order valence-corrected chi connectivity index (χ1v) is 8.05. The molecule has 2 amide bonds. The van der Waals surface area contributed by atoms with E-state index in [9.17, 15) is 19.5 Å². The Hall–Kier alpha value is -2.41. The lowest BCUT2D eigenvalue weighted by atomic mass is 9.97. The van der Waals surface area contributed by atoms with Crippen LogP contribution in [0.3, 0.4) is 0 Å². The number of imide groups is 1. The third-order valence-electron chi connectivity index (χ3n) is 4.85. The minimum absolute atomic E-state index is 0.120. The van der Waals surface area contributed by atoms with E-state index in [-0.39, 0.29) is 29.5 Å². The average molecular weight is 332 g/mol. The van der Waals surface area contributed by atoms with Gasteiger partial charge in [-0.05, 0) is 44.0 Å². The van der Waals surface area contributed by atoms with Crippen molar-refractivity contribution in [2.75, 3.05) is 18.0 Å². The van der Waals surface area contributed by atoms with Gasteiger partial charge in [0.25, 0.3) is 5.91 Å². The molecule has 2 aliphatic heterocycles. The number of carboxylic acid groups (broad SMARTS) is 1. The second-order valence-corrected chi connectivity index (χ2v) is 6.51. The van der Waals surface area contributed by atoms with Crippen molar-refractivity contribution in [1.82, 2.24) is 4.90 Å². The number of carbonyl (C=O) groups excluding carboxylic acids is 2. The molecule has 0 aromatic heterocycles. The molecule has 2 N–H and O–H groups in total. The van der Waals surface area contributed by atoms with Gasteiger partial charge in [-0.2, -0.15) is 0 Å². The molecule has 128 valence electrons. The van der Waals surface area contributed by atoms with Gasteiger partial charge in [0.2, 0.25) is 5.91 Å². The van der Waals surface area contributed by atoms with Crippen LogP contribution in [0.2, 0.25) is 0 Å². The summed E-state index contributed by atoms with van der Waals surface area (Å²) in [6, 6.07) is 3.26. The molecular formula is C17H20N2O5. The van der Waals surface area contributed by atoms with E-state index in [1.54, 1.807) is 0 Å². The van der Waals surface area contributed by atoms with Crippen LogP contribution in [0.5, 0.6) is 5.75 Å². The maximum Gasteiger partial charge on any atom is 0.339 e. The lowest BCUT2D eigenvalue weighted by Crippen LogP contribution is -2.45. The minimum atomic E-state index is -1.27. The molecule has 3 rings (SSSR count). The van der Waals surface area contributed by atoms with Crippen LogP contribution < -0.4 is 4.90 Å². The van der Waals surface area contributed by atoms with Crippen molar-refractivity contribution in [3.63, 3.8) is 0 Å². The van der Waals surface area contributed by atoms with Crippen LogP contribution >= 0.6 is 0 Å². The van der Waals surface area contributed by atoms with E-state index in [0.717, 1.165) is 36.9 Å². The molecule has 2 aliphatic rings. The van der Waals surface area contributed by atoms with Crippen LogP contribution in [0, 0.1) is 5.92 Å². The Balaban J connectivity index is 1.82. The normalized spacial score (nSPS) is 23.0.